The molecule has 2 rings (SSSR count). The van der Waals surface area contributed by atoms with Crippen molar-refractivity contribution in [3.05, 3.63) is 29.8 Å². The largest absolute Gasteiger partial charge is 0.322 e. The predicted molar refractivity (Wildman–Crippen MR) is 67.9 cm³/mol. The summed E-state index contributed by atoms with van der Waals surface area (Å²) >= 11 is 0. The highest BCUT2D eigenvalue weighted by atomic mass is 35.5. The van der Waals surface area contributed by atoms with Crippen molar-refractivity contribution in [2.45, 2.75) is 25.3 Å². The second kappa shape index (κ2) is 6.66. The lowest BCUT2D eigenvalue weighted by Gasteiger charge is -2.22. The van der Waals surface area contributed by atoms with Gasteiger partial charge in [-0.15, -0.1) is 12.4 Å². The fourth-order valence-corrected chi connectivity index (χ4v) is 1.89. The molecule has 0 bridgehead atoms. The normalized spacial score (nSPS) is 18.9. The molecular weight excluding hydrogens is 262 g/mol. The maximum Gasteiger partial charge on any atom is 0.241 e. The molecule has 0 aliphatic carbocycles. The van der Waals surface area contributed by atoms with E-state index in [1.54, 1.807) is 0 Å². The van der Waals surface area contributed by atoms with Gasteiger partial charge in [-0.25, -0.2) is 8.78 Å². The van der Waals surface area contributed by atoms with Gasteiger partial charge in [0, 0.05) is 6.07 Å². The molecule has 1 saturated heterocycles. The average Bonchev–Trinajstić information content (AvgIpc) is 2.34. The smallest absolute Gasteiger partial charge is 0.241 e. The molecule has 0 unspecified atom stereocenters. The second-order valence-electron chi connectivity index (χ2n) is 4.12. The third-order valence-electron chi connectivity index (χ3n) is 2.82. The highest BCUT2D eigenvalue weighted by molar-refractivity contribution is 5.94. The minimum atomic E-state index is -0.755. The Kier molecular flexibility index (Phi) is 5.50. The topological polar surface area (TPSA) is 41.1 Å². The van der Waals surface area contributed by atoms with Crippen molar-refractivity contribution in [1.82, 2.24) is 5.32 Å². The number of benzene rings is 1. The third-order valence-corrected chi connectivity index (χ3v) is 2.82. The van der Waals surface area contributed by atoms with Crippen LogP contribution in [0.1, 0.15) is 19.3 Å². The van der Waals surface area contributed by atoms with Gasteiger partial charge >= 0.3 is 0 Å². The fourth-order valence-electron chi connectivity index (χ4n) is 1.89. The summed E-state index contributed by atoms with van der Waals surface area (Å²) in [7, 11) is 0. The van der Waals surface area contributed by atoms with Gasteiger partial charge in [-0.2, -0.15) is 0 Å². The molecule has 1 aromatic rings. The van der Waals surface area contributed by atoms with E-state index in [2.05, 4.69) is 10.6 Å². The van der Waals surface area contributed by atoms with Crippen LogP contribution in [0.15, 0.2) is 18.2 Å². The van der Waals surface area contributed by atoms with Gasteiger partial charge in [0.1, 0.15) is 11.6 Å². The van der Waals surface area contributed by atoms with E-state index >= 15 is 0 Å². The van der Waals surface area contributed by atoms with Crippen molar-refractivity contribution in [3.8, 4) is 0 Å². The number of carbonyl (C=O) groups is 1. The van der Waals surface area contributed by atoms with E-state index in [9.17, 15) is 13.6 Å². The number of nitrogens with one attached hydrogen (secondary N) is 2. The van der Waals surface area contributed by atoms with Crippen LogP contribution in [0.25, 0.3) is 0 Å². The molecule has 1 amide bonds. The zero-order valence-corrected chi connectivity index (χ0v) is 10.5. The van der Waals surface area contributed by atoms with Gasteiger partial charge < -0.3 is 10.6 Å². The molecular formula is C12H15ClF2N2O. The zero-order valence-electron chi connectivity index (χ0n) is 9.71. The van der Waals surface area contributed by atoms with Crippen LogP contribution in [0.3, 0.4) is 0 Å². The minimum absolute atomic E-state index is 0. The third kappa shape index (κ3) is 3.65. The number of hydrogen-bond acceptors (Lipinski definition) is 2. The van der Waals surface area contributed by atoms with Crippen molar-refractivity contribution in [1.29, 1.82) is 0 Å². The molecule has 3 nitrogen and oxygen atoms in total. The van der Waals surface area contributed by atoms with Crippen LogP contribution in [0.4, 0.5) is 14.5 Å². The first-order chi connectivity index (χ1) is 8.16. The summed E-state index contributed by atoms with van der Waals surface area (Å²) in [5, 5.41) is 5.53. The van der Waals surface area contributed by atoms with Crippen molar-refractivity contribution < 1.29 is 13.6 Å². The van der Waals surface area contributed by atoms with E-state index in [4.69, 9.17) is 0 Å². The van der Waals surface area contributed by atoms with Crippen molar-refractivity contribution >= 4 is 24.0 Å². The highest BCUT2D eigenvalue weighted by Crippen LogP contribution is 2.16. The standard InChI is InChI=1S/C12H14F2N2O.ClH/c13-8-4-5-10(9(14)7-8)16-12(17)11-3-1-2-6-15-11;/h4-5,7,11,15H,1-3,6H2,(H,16,17);1H/t11-;/m1./s1. The summed E-state index contributed by atoms with van der Waals surface area (Å²) in [6.45, 7) is 0.796. The Morgan fingerprint density at radius 3 is 2.72 bits per heavy atom. The molecule has 1 atom stereocenters. The van der Waals surface area contributed by atoms with E-state index in [0.717, 1.165) is 37.9 Å². The van der Waals surface area contributed by atoms with Crippen LogP contribution < -0.4 is 10.6 Å². The first-order valence-corrected chi connectivity index (χ1v) is 5.66. The Balaban J connectivity index is 0.00000162. The van der Waals surface area contributed by atoms with Crippen LogP contribution in [-0.4, -0.2) is 18.5 Å². The summed E-state index contributed by atoms with van der Waals surface area (Å²) in [6.07, 6.45) is 2.78. The number of amides is 1. The maximum atomic E-state index is 13.3. The molecule has 0 saturated carbocycles. The monoisotopic (exact) mass is 276 g/mol. The molecule has 1 aliphatic heterocycles. The molecule has 1 fully saturated rings. The number of carbonyl (C=O) groups excluding carboxylic acids is 1. The predicted octanol–water partition coefficient (Wildman–Crippen LogP) is 2.47. The van der Waals surface area contributed by atoms with Gasteiger partial charge in [-0.05, 0) is 31.5 Å². The van der Waals surface area contributed by atoms with Gasteiger partial charge in [0.15, 0.2) is 0 Å². The summed E-state index contributed by atoms with van der Waals surface area (Å²) in [5.74, 6) is -1.68. The SMILES string of the molecule is Cl.O=C(Nc1ccc(F)cc1F)[C@H]1CCCCN1. The van der Waals surface area contributed by atoms with Gasteiger partial charge in [0.2, 0.25) is 5.91 Å². The van der Waals surface area contributed by atoms with Crippen LogP contribution in [0.5, 0.6) is 0 Å². The first-order valence-electron chi connectivity index (χ1n) is 5.66. The molecule has 0 aromatic heterocycles. The lowest BCUT2D eigenvalue weighted by molar-refractivity contribution is -0.118. The summed E-state index contributed by atoms with van der Waals surface area (Å²) in [6, 6.07) is 2.82. The maximum absolute atomic E-state index is 13.3. The molecule has 100 valence electrons. The average molecular weight is 277 g/mol. The van der Waals surface area contributed by atoms with Crippen LogP contribution in [0.2, 0.25) is 0 Å². The van der Waals surface area contributed by atoms with Crippen molar-refractivity contribution in [2.24, 2.45) is 0 Å². The summed E-state index contributed by atoms with van der Waals surface area (Å²) in [4.78, 5) is 11.8. The Labute approximate surface area is 110 Å². The number of halogens is 3. The molecule has 1 aromatic carbocycles. The molecule has 18 heavy (non-hydrogen) atoms. The zero-order chi connectivity index (χ0) is 12.3. The number of piperidine rings is 1. The van der Waals surface area contributed by atoms with Crippen LogP contribution in [-0.2, 0) is 4.79 Å². The molecule has 1 heterocycles. The fraction of sp³-hybridized carbons (Fsp3) is 0.417. The van der Waals surface area contributed by atoms with E-state index in [0.29, 0.717) is 0 Å². The van der Waals surface area contributed by atoms with Crippen molar-refractivity contribution in [2.75, 3.05) is 11.9 Å². The highest BCUT2D eigenvalue weighted by Gasteiger charge is 2.21. The van der Waals surface area contributed by atoms with Gasteiger partial charge in [0.25, 0.3) is 0 Å². The lowest BCUT2D eigenvalue weighted by atomic mass is 10.0. The van der Waals surface area contributed by atoms with E-state index in [1.165, 1.54) is 6.07 Å². The molecule has 0 radical (unpaired) electrons. The molecule has 2 N–H and O–H groups in total. The lowest BCUT2D eigenvalue weighted by Crippen LogP contribution is -2.43. The summed E-state index contributed by atoms with van der Waals surface area (Å²) in [5.41, 5.74) is 0.0174. The Morgan fingerprint density at radius 2 is 2.11 bits per heavy atom. The van der Waals surface area contributed by atoms with Gasteiger partial charge in [-0.1, -0.05) is 6.42 Å². The number of rotatable bonds is 2. The Hall–Kier alpha value is -1.20. The second-order valence-corrected chi connectivity index (χ2v) is 4.12. The van der Waals surface area contributed by atoms with Gasteiger partial charge in [-0.3, -0.25) is 4.79 Å². The minimum Gasteiger partial charge on any atom is -0.322 e. The van der Waals surface area contributed by atoms with Gasteiger partial charge in [0.05, 0.1) is 11.7 Å². The quantitative estimate of drug-likeness (QED) is 0.871. The Morgan fingerprint density at radius 1 is 1.33 bits per heavy atom. The van der Waals surface area contributed by atoms with E-state index < -0.39 is 11.6 Å². The summed E-state index contributed by atoms with van der Waals surface area (Å²) < 4.78 is 26.0. The number of anilines is 1. The first kappa shape index (κ1) is 14.9. The van der Waals surface area contributed by atoms with Crippen molar-refractivity contribution in [3.63, 3.8) is 0 Å². The Bertz CT molecular complexity index is 423. The molecule has 6 heteroatoms. The van der Waals surface area contributed by atoms with E-state index in [-0.39, 0.29) is 30.0 Å². The van der Waals surface area contributed by atoms with Crippen LogP contribution >= 0.6 is 12.4 Å². The molecule has 0 spiro atoms. The van der Waals surface area contributed by atoms with Crippen LogP contribution in [0, 0.1) is 11.6 Å². The molecule has 1 aliphatic rings. The van der Waals surface area contributed by atoms with E-state index in [1.807, 2.05) is 0 Å². The number of hydrogen-bond donors (Lipinski definition) is 2.